The van der Waals surface area contributed by atoms with Crippen molar-refractivity contribution in [1.29, 1.82) is 0 Å². The first-order valence-corrected chi connectivity index (χ1v) is 9.29. The molecule has 3 heterocycles. The van der Waals surface area contributed by atoms with E-state index in [9.17, 15) is 9.90 Å². The molecule has 3 aromatic rings. The predicted molar refractivity (Wildman–Crippen MR) is 104 cm³/mol. The first-order valence-electron chi connectivity index (χ1n) is 9.29. The van der Waals surface area contributed by atoms with Crippen LogP contribution in [0.15, 0.2) is 42.9 Å². The van der Waals surface area contributed by atoms with E-state index in [2.05, 4.69) is 10.1 Å². The number of aromatic hydroxyl groups is 1. The fraction of sp³-hybridized carbons (Fsp3) is 0.286. The summed E-state index contributed by atoms with van der Waals surface area (Å²) in [6.45, 7) is 5.72. The van der Waals surface area contributed by atoms with E-state index in [1.165, 1.54) is 0 Å². The van der Waals surface area contributed by atoms with Crippen molar-refractivity contribution in [3.63, 3.8) is 0 Å². The standard InChI is InChI=1S/C21H22N4O3/c1-3-25-14(2)18(12-23-25)21(27)24-7-8-28-20-17(13-24)9-16(10-19(20)26)15-5-4-6-22-11-15/h4-6,9-12,26H,3,7-8,13H2,1-2H3. The molecule has 2 aromatic heterocycles. The summed E-state index contributed by atoms with van der Waals surface area (Å²) < 4.78 is 7.57. The number of nitrogens with zero attached hydrogens (tertiary/aromatic N) is 4. The monoisotopic (exact) mass is 378 g/mol. The van der Waals surface area contributed by atoms with Crippen LogP contribution in [0.4, 0.5) is 0 Å². The molecule has 144 valence electrons. The number of carbonyl (C=O) groups is 1. The fourth-order valence-corrected chi connectivity index (χ4v) is 3.52. The van der Waals surface area contributed by atoms with E-state index in [0.29, 0.717) is 37.6 Å². The molecule has 7 nitrogen and oxygen atoms in total. The summed E-state index contributed by atoms with van der Waals surface area (Å²) in [5.74, 6) is 0.421. The summed E-state index contributed by atoms with van der Waals surface area (Å²) in [5, 5.41) is 14.8. The molecule has 1 aliphatic heterocycles. The quantitative estimate of drug-likeness (QED) is 0.758. The number of aryl methyl sites for hydroxylation is 1. The van der Waals surface area contributed by atoms with E-state index in [1.807, 2.05) is 36.7 Å². The van der Waals surface area contributed by atoms with Gasteiger partial charge in [0.25, 0.3) is 5.91 Å². The molecule has 7 heteroatoms. The lowest BCUT2D eigenvalue weighted by Crippen LogP contribution is -2.32. The van der Waals surface area contributed by atoms with Gasteiger partial charge in [-0.05, 0) is 37.6 Å². The average molecular weight is 378 g/mol. The number of hydrogen-bond donors (Lipinski definition) is 1. The van der Waals surface area contributed by atoms with Crippen LogP contribution in [0.25, 0.3) is 11.1 Å². The average Bonchev–Trinajstić information content (AvgIpc) is 2.94. The molecule has 4 rings (SSSR count). The number of aromatic nitrogens is 3. The summed E-state index contributed by atoms with van der Waals surface area (Å²) >= 11 is 0. The van der Waals surface area contributed by atoms with Crippen LogP contribution in [0, 0.1) is 6.92 Å². The number of benzene rings is 1. The minimum atomic E-state index is -0.0834. The van der Waals surface area contributed by atoms with Gasteiger partial charge in [0.2, 0.25) is 0 Å². The molecule has 1 aromatic carbocycles. The molecule has 0 unspecified atom stereocenters. The van der Waals surface area contributed by atoms with E-state index in [4.69, 9.17) is 4.74 Å². The zero-order valence-corrected chi connectivity index (χ0v) is 15.9. The number of fused-ring (bicyclic) bond motifs is 1. The highest BCUT2D eigenvalue weighted by molar-refractivity contribution is 5.95. The lowest BCUT2D eigenvalue weighted by atomic mass is 10.0. The Hall–Kier alpha value is -3.35. The second-order valence-electron chi connectivity index (χ2n) is 6.76. The van der Waals surface area contributed by atoms with Crippen molar-refractivity contribution in [1.82, 2.24) is 19.7 Å². The van der Waals surface area contributed by atoms with Crippen LogP contribution in [-0.4, -0.2) is 43.8 Å². The van der Waals surface area contributed by atoms with Crippen molar-refractivity contribution in [2.75, 3.05) is 13.2 Å². The second-order valence-corrected chi connectivity index (χ2v) is 6.76. The highest BCUT2D eigenvalue weighted by atomic mass is 16.5. The van der Waals surface area contributed by atoms with Crippen molar-refractivity contribution in [2.24, 2.45) is 0 Å². The Morgan fingerprint density at radius 3 is 2.86 bits per heavy atom. The van der Waals surface area contributed by atoms with Crippen LogP contribution < -0.4 is 4.74 Å². The predicted octanol–water partition coefficient (Wildman–Crippen LogP) is 3.01. The molecule has 1 amide bonds. The third-order valence-corrected chi connectivity index (χ3v) is 5.03. The maximum Gasteiger partial charge on any atom is 0.257 e. The van der Waals surface area contributed by atoms with Crippen LogP contribution in [0.2, 0.25) is 0 Å². The number of phenols is 1. The molecular formula is C21H22N4O3. The highest BCUT2D eigenvalue weighted by Gasteiger charge is 2.25. The molecular weight excluding hydrogens is 356 g/mol. The third-order valence-electron chi connectivity index (χ3n) is 5.03. The molecule has 0 atom stereocenters. The zero-order chi connectivity index (χ0) is 19.7. The van der Waals surface area contributed by atoms with Gasteiger partial charge < -0.3 is 14.7 Å². The topological polar surface area (TPSA) is 80.5 Å². The zero-order valence-electron chi connectivity index (χ0n) is 15.9. The summed E-state index contributed by atoms with van der Waals surface area (Å²) in [4.78, 5) is 19.0. The molecule has 0 bridgehead atoms. The second kappa shape index (κ2) is 7.34. The van der Waals surface area contributed by atoms with Gasteiger partial charge in [-0.1, -0.05) is 6.07 Å². The lowest BCUT2D eigenvalue weighted by molar-refractivity contribution is 0.0732. The van der Waals surface area contributed by atoms with Crippen LogP contribution in [0.5, 0.6) is 11.5 Å². The number of hydrogen-bond acceptors (Lipinski definition) is 5. The van der Waals surface area contributed by atoms with Gasteiger partial charge >= 0.3 is 0 Å². The first kappa shape index (κ1) is 18.0. The van der Waals surface area contributed by atoms with E-state index in [0.717, 1.165) is 22.4 Å². The number of amides is 1. The third kappa shape index (κ3) is 3.19. The van der Waals surface area contributed by atoms with Gasteiger partial charge in [0, 0.05) is 42.3 Å². The highest BCUT2D eigenvalue weighted by Crippen LogP contribution is 2.37. The molecule has 1 N–H and O–H groups in total. The van der Waals surface area contributed by atoms with Gasteiger partial charge in [-0.25, -0.2) is 0 Å². The normalized spacial score (nSPS) is 13.6. The van der Waals surface area contributed by atoms with Crippen LogP contribution in [-0.2, 0) is 13.1 Å². The largest absolute Gasteiger partial charge is 0.504 e. The van der Waals surface area contributed by atoms with E-state index < -0.39 is 0 Å². The van der Waals surface area contributed by atoms with E-state index in [-0.39, 0.29) is 11.7 Å². The van der Waals surface area contributed by atoms with E-state index >= 15 is 0 Å². The summed E-state index contributed by atoms with van der Waals surface area (Å²) in [6, 6.07) is 7.39. The molecule has 0 spiro atoms. The summed E-state index contributed by atoms with van der Waals surface area (Å²) in [6.07, 6.45) is 5.07. The fourth-order valence-electron chi connectivity index (χ4n) is 3.52. The minimum Gasteiger partial charge on any atom is -0.504 e. The number of ether oxygens (including phenoxy) is 1. The molecule has 0 saturated carbocycles. The van der Waals surface area contributed by atoms with Gasteiger partial charge in [0.05, 0.1) is 18.3 Å². The Bertz CT molecular complexity index is 1010. The van der Waals surface area contributed by atoms with Gasteiger partial charge in [0.1, 0.15) is 6.61 Å². The maximum atomic E-state index is 13.1. The number of phenolic OH excluding ortho intramolecular Hbond substituents is 1. The SMILES string of the molecule is CCn1ncc(C(=O)N2CCOc3c(O)cc(-c4cccnc4)cc3C2)c1C. The van der Waals surface area contributed by atoms with Crippen molar-refractivity contribution in [2.45, 2.75) is 26.9 Å². The Morgan fingerprint density at radius 2 is 2.14 bits per heavy atom. The van der Waals surface area contributed by atoms with E-state index in [1.54, 1.807) is 29.6 Å². The number of pyridine rings is 1. The molecule has 0 fully saturated rings. The molecule has 1 aliphatic rings. The van der Waals surface area contributed by atoms with Crippen molar-refractivity contribution in [3.05, 3.63) is 59.7 Å². The Labute approximate surface area is 163 Å². The summed E-state index contributed by atoms with van der Waals surface area (Å²) in [7, 11) is 0. The van der Waals surface area contributed by atoms with Crippen LogP contribution in [0.1, 0.15) is 28.5 Å². The lowest BCUT2D eigenvalue weighted by Gasteiger charge is -2.20. The van der Waals surface area contributed by atoms with Gasteiger partial charge in [-0.15, -0.1) is 0 Å². The number of carbonyl (C=O) groups excluding carboxylic acids is 1. The Balaban J connectivity index is 1.68. The van der Waals surface area contributed by atoms with Crippen molar-refractivity contribution < 1.29 is 14.6 Å². The van der Waals surface area contributed by atoms with Crippen molar-refractivity contribution in [3.8, 4) is 22.6 Å². The maximum absolute atomic E-state index is 13.1. The minimum absolute atomic E-state index is 0.0700. The molecule has 0 aliphatic carbocycles. The van der Waals surface area contributed by atoms with Crippen LogP contribution >= 0.6 is 0 Å². The number of rotatable bonds is 3. The molecule has 0 radical (unpaired) electrons. The molecule has 0 saturated heterocycles. The van der Waals surface area contributed by atoms with Crippen molar-refractivity contribution >= 4 is 5.91 Å². The Morgan fingerprint density at radius 1 is 1.29 bits per heavy atom. The first-order chi connectivity index (χ1) is 13.6. The molecule has 28 heavy (non-hydrogen) atoms. The Kier molecular flexibility index (Phi) is 4.73. The summed E-state index contributed by atoms with van der Waals surface area (Å²) in [5.41, 5.74) is 3.94. The smallest absolute Gasteiger partial charge is 0.257 e. The van der Waals surface area contributed by atoms with Gasteiger partial charge in [-0.2, -0.15) is 5.10 Å². The van der Waals surface area contributed by atoms with Gasteiger partial charge in [0.15, 0.2) is 11.5 Å². The van der Waals surface area contributed by atoms with Gasteiger partial charge in [-0.3, -0.25) is 14.5 Å². The van der Waals surface area contributed by atoms with Crippen LogP contribution in [0.3, 0.4) is 0 Å².